The highest BCUT2D eigenvalue weighted by Crippen LogP contribution is 2.30. The maximum absolute atomic E-state index is 12.3. The monoisotopic (exact) mass is 479 g/mol. The van der Waals surface area contributed by atoms with Crippen molar-refractivity contribution in [3.05, 3.63) is 72.2 Å². The van der Waals surface area contributed by atoms with Gasteiger partial charge in [-0.2, -0.15) is 0 Å². The van der Waals surface area contributed by atoms with E-state index in [0.717, 1.165) is 16.9 Å². The highest BCUT2D eigenvalue weighted by atomic mass is 32.2. The molecule has 0 aliphatic carbocycles. The fourth-order valence-electron chi connectivity index (χ4n) is 3.27. The summed E-state index contributed by atoms with van der Waals surface area (Å²) in [5, 5.41) is 15.7. The largest absolute Gasteiger partial charge is 0.485 e. The number of carbonyl (C=O) groups excluding carboxylic acids is 1. The molecule has 0 atom stereocenters. The van der Waals surface area contributed by atoms with Gasteiger partial charge in [0.1, 0.15) is 18.1 Å². The van der Waals surface area contributed by atoms with E-state index in [-0.39, 0.29) is 18.3 Å². The SMILES string of the molecule is COCCn1c(COc2ccccc2-c2ccccc2)nnc1SCC(=O)Nc1cc(C)on1. The van der Waals surface area contributed by atoms with Crippen LogP contribution in [0.1, 0.15) is 11.6 Å². The minimum atomic E-state index is -0.214. The van der Waals surface area contributed by atoms with Crippen molar-refractivity contribution in [2.45, 2.75) is 25.2 Å². The van der Waals surface area contributed by atoms with Gasteiger partial charge >= 0.3 is 0 Å². The molecule has 4 rings (SSSR count). The van der Waals surface area contributed by atoms with Crippen LogP contribution >= 0.6 is 11.8 Å². The van der Waals surface area contributed by atoms with Crippen LogP contribution < -0.4 is 10.1 Å². The van der Waals surface area contributed by atoms with Gasteiger partial charge in [0.2, 0.25) is 5.91 Å². The molecule has 0 radical (unpaired) electrons. The molecule has 2 heterocycles. The van der Waals surface area contributed by atoms with Crippen LogP contribution in [0.5, 0.6) is 5.75 Å². The Hall–Kier alpha value is -3.63. The first-order valence-corrected chi connectivity index (χ1v) is 11.7. The minimum absolute atomic E-state index is 0.148. The quantitative estimate of drug-likeness (QED) is 0.319. The molecule has 2 aromatic carbocycles. The molecule has 1 N–H and O–H groups in total. The third kappa shape index (κ3) is 6.03. The molecule has 0 bridgehead atoms. The molecule has 0 unspecified atom stereocenters. The number of aromatic nitrogens is 4. The number of benzene rings is 2. The second-order valence-electron chi connectivity index (χ2n) is 7.35. The van der Waals surface area contributed by atoms with Gasteiger partial charge in [-0.3, -0.25) is 4.79 Å². The number of anilines is 1. The molecule has 0 saturated carbocycles. The summed E-state index contributed by atoms with van der Waals surface area (Å²) in [6, 6.07) is 19.6. The van der Waals surface area contributed by atoms with Crippen LogP contribution in [0.25, 0.3) is 11.1 Å². The van der Waals surface area contributed by atoms with E-state index in [1.807, 2.05) is 59.2 Å². The number of aryl methyl sites for hydroxylation is 1. The van der Waals surface area contributed by atoms with Gasteiger partial charge in [0.25, 0.3) is 0 Å². The number of ether oxygens (including phenoxy) is 2. The first kappa shape index (κ1) is 23.5. The molecule has 1 amide bonds. The number of hydrogen-bond donors (Lipinski definition) is 1. The molecule has 4 aromatic rings. The Labute approximate surface area is 201 Å². The molecule has 0 spiro atoms. The van der Waals surface area contributed by atoms with Crippen LogP contribution in [0.4, 0.5) is 5.82 Å². The molecule has 0 saturated heterocycles. The fourth-order valence-corrected chi connectivity index (χ4v) is 4.05. The van der Waals surface area contributed by atoms with Gasteiger partial charge in [-0.15, -0.1) is 10.2 Å². The van der Waals surface area contributed by atoms with E-state index in [2.05, 4.69) is 20.7 Å². The third-order valence-electron chi connectivity index (χ3n) is 4.87. The highest BCUT2D eigenvalue weighted by molar-refractivity contribution is 7.99. The molecule has 9 nitrogen and oxygen atoms in total. The normalized spacial score (nSPS) is 10.9. The van der Waals surface area contributed by atoms with Crippen LogP contribution in [0.2, 0.25) is 0 Å². The average Bonchev–Trinajstić information content (AvgIpc) is 3.45. The summed E-state index contributed by atoms with van der Waals surface area (Å²) in [5.74, 6) is 2.35. The number of nitrogens with zero attached hydrogens (tertiary/aromatic N) is 4. The van der Waals surface area contributed by atoms with E-state index in [0.29, 0.717) is 35.7 Å². The van der Waals surface area contributed by atoms with Crippen molar-refractivity contribution in [1.82, 2.24) is 19.9 Å². The van der Waals surface area contributed by atoms with Gasteiger partial charge in [0, 0.05) is 25.3 Å². The number of methoxy groups -OCH3 is 1. The van der Waals surface area contributed by atoms with Crippen molar-refractivity contribution in [2.75, 3.05) is 24.8 Å². The van der Waals surface area contributed by atoms with Crippen molar-refractivity contribution < 1.29 is 18.8 Å². The van der Waals surface area contributed by atoms with Crippen molar-refractivity contribution in [3.63, 3.8) is 0 Å². The standard InChI is InChI=1S/C24H25N5O4S/c1-17-14-21(28-33-17)25-23(30)16-34-24-27-26-22(29(24)12-13-31-2)15-32-20-11-7-6-10-19(20)18-8-4-3-5-9-18/h3-11,14H,12-13,15-16H2,1-2H3,(H,25,28,30). The Morgan fingerprint density at radius 2 is 1.91 bits per heavy atom. The summed E-state index contributed by atoms with van der Waals surface area (Å²) < 4.78 is 18.3. The molecule has 34 heavy (non-hydrogen) atoms. The van der Waals surface area contributed by atoms with Crippen LogP contribution in [0.3, 0.4) is 0 Å². The number of rotatable bonds is 11. The van der Waals surface area contributed by atoms with Crippen LogP contribution in [0, 0.1) is 6.92 Å². The lowest BCUT2D eigenvalue weighted by atomic mass is 10.1. The summed E-state index contributed by atoms with van der Waals surface area (Å²) in [7, 11) is 1.64. The van der Waals surface area contributed by atoms with Crippen LogP contribution in [-0.4, -0.2) is 45.3 Å². The molecule has 10 heteroatoms. The molecular weight excluding hydrogens is 454 g/mol. The van der Waals surface area contributed by atoms with Gasteiger partial charge in [0.05, 0.1) is 12.4 Å². The average molecular weight is 480 g/mol. The number of hydrogen-bond acceptors (Lipinski definition) is 8. The van der Waals surface area contributed by atoms with E-state index < -0.39 is 0 Å². The second kappa shape index (κ2) is 11.5. The Morgan fingerprint density at radius 1 is 1.12 bits per heavy atom. The zero-order valence-electron chi connectivity index (χ0n) is 18.9. The Balaban J connectivity index is 1.44. The lowest BCUT2D eigenvalue weighted by Gasteiger charge is -2.13. The zero-order chi connectivity index (χ0) is 23.8. The molecule has 0 fully saturated rings. The summed E-state index contributed by atoms with van der Waals surface area (Å²) in [6.07, 6.45) is 0. The Bertz CT molecular complexity index is 1230. The van der Waals surface area contributed by atoms with Gasteiger partial charge in [-0.25, -0.2) is 0 Å². The second-order valence-corrected chi connectivity index (χ2v) is 8.30. The van der Waals surface area contributed by atoms with Crippen molar-refractivity contribution >= 4 is 23.5 Å². The third-order valence-corrected chi connectivity index (χ3v) is 5.84. The van der Waals surface area contributed by atoms with Gasteiger partial charge in [-0.05, 0) is 18.6 Å². The van der Waals surface area contributed by atoms with Crippen molar-refractivity contribution in [1.29, 1.82) is 0 Å². The van der Waals surface area contributed by atoms with Crippen molar-refractivity contribution in [3.8, 4) is 16.9 Å². The van der Waals surface area contributed by atoms with Gasteiger partial charge < -0.3 is 23.9 Å². The highest BCUT2D eigenvalue weighted by Gasteiger charge is 2.16. The molecular formula is C24H25N5O4S. The van der Waals surface area contributed by atoms with E-state index in [1.165, 1.54) is 11.8 Å². The fraction of sp³-hybridized carbons (Fsp3) is 0.250. The van der Waals surface area contributed by atoms with E-state index in [9.17, 15) is 4.79 Å². The summed E-state index contributed by atoms with van der Waals surface area (Å²) in [5.41, 5.74) is 2.07. The molecule has 0 aliphatic heterocycles. The predicted molar refractivity (Wildman–Crippen MR) is 129 cm³/mol. The van der Waals surface area contributed by atoms with E-state index >= 15 is 0 Å². The predicted octanol–water partition coefficient (Wildman–Crippen LogP) is 4.20. The van der Waals surface area contributed by atoms with Gasteiger partial charge in [-0.1, -0.05) is 65.4 Å². The molecule has 2 aromatic heterocycles. The number of thioether (sulfide) groups is 1. The van der Waals surface area contributed by atoms with E-state index in [4.69, 9.17) is 14.0 Å². The first-order valence-electron chi connectivity index (χ1n) is 10.7. The van der Waals surface area contributed by atoms with E-state index in [1.54, 1.807) is 20.1 Å². The summed E-state index contributed by atoms with van der Waals surface area (Å²) in [6.45, 7) is 3.00. The lowest BCUT2D eigenvalue weighted by molar-refractivity contribution is -0.113. The summed E-state index contributed by atoms with van der Waals surface area (Å²) in [4.78, 5) is 12.3. The molecule has 0 aliphatic rings. The lowest BCUT2D eigenvalue weighted by Crippen LogP contribution is -2.16. The summed E-state index contributed by atoms with van der Waals surface area (Å²) >= 11 is 1.28. The maximum atomic E-state index is 12.3. The minimum Gasteiger partial charge on any atom is -0.485 e. The van der Waals surface area contributed by atoms with Crippen LogP contribution in [-0.2, 0) is 22.7 Å². The first-order chi connectivity index (χ1) is 16.6. The number of para-hydroxylation sites is 1. The smallest absolute Gasteiger partial charge is 0.236 e. The zero-order valence-corrected chi connectivity index (χ0v) is 19.7. The van der Waals surface area contributed by atoms with Crippen molar-refractivity contribution in [2.24, 2.45) is 0 Å². The molecule has 176 valence electrons. The maximum Gasteiger partial charge on any atom is 0.236 e. The number of carbonyl (C=O) groups is 1. The van der Waals surface area contributed by atoms with Gasteiger partial charge in [0.15, 0.2) is 16.8 Å². The number of amides is 1. The number of nitrogens with one attached hydrogen (secondary N) is 1. The van der Waals surface area contributed by atoms with Crippen LogP contribution in [0.15, 0.2) is 70.3 Å². The topological polar surface area (TPSA) is 104 Å². The Kier molecular flexibility index (Phi) is 7.95. The Morgan fingerprint density at radius 3 is 2.68 bits per heavy atom.